The van der Waals surface area contributed by atoms with E-state index in [4.69, 9.17) is 16.3 Å². The van der Waals surface area contributed by atoms with E-state index in [0.29, 0.717) is 5.02 Å². The minimum Gasteiger partial charge on any atom is -0.468 e. The fourth-order valence-corrected chi connectivity index (χ4v) is 3.91. The van der Waals surface area contributed by atoms with E-state index in [1.165, 1.54) is 11.1 Å². The van der Waals surface area contributed by atoms with Crippen LogP contribution in [0.5, 0.6) is 0 Å². The average Bonchev–Trinajstić information content (AvgIpc) is 2.88. The SMILES string of the molecule is OC1OC=CC(c2ccccc2)=C1c1c(Cl)ccc2c1CCNCC2. The number of hydrogen-bond donors (Lipinski definition) is 2. The smallest absolute Gasteiger partial charge is 0.224 e. The molecule has 2 aliphatic rings. The Hall–Kier alpha value is -2.07. The molecule has 1 unspecified atom stereocenters. The van der Waals surface area contributed by atoms with Crippen molar-refractivity contribution in [3.05, 3.63) is 82.1 Å². The first-order valence-electron chi connectivity index (χ1n) is 8.56. The predicted octanol–water partition coefficient (Wildman–Crippen LogP) is 3.80. The number of nitrogens with one attached hydrogen (secondary N) is 1. The molecule has 1 atom stereocenters. The van der Waals surface area contributed by atoms with Crippen LogP contribution in [0.2, 0.25) is 5.02 Å². The lowest BCUT2D eigenvalue weighted by Gasteiger charge is -2.26. The summed E-state index contributed by atoms with van der Waals surface area (Å²) in [4.78, 5) is 0. The highest BCUT2D eigenvalue weighted by Gasteiger charge is 2.27. The topological polar surface area (TPSA) is 41.5 Å². The van der Waals surface area contributed by atoms with Gasteiger partial charge < -0.3 is 15.2 Å². The summed E-state index contributed by atoms with van der Waals surface area (Å²) in [5.74, 6) is 0. The van der Waals surface area contributed by atoms with Crippen LogP contribution in [-0.2, 0) is 17.6 Å². The fourth-order valence-electron chi connectivity index (χ4n) is 3.63. The molecule has 128 valence electrons. The molecular formula is C21H20ClNO2. The molecule has 4 rings (SSSR count). The number of fused-ring (bicyclic) bond motifs is 1. The summed E-state index contributed by atoms with van der Waals surface area (Å²) in [6.07, 6.45) is 4.27. The Labute approximate surface area is 152 Å². The van der Waals surface area contributed by atoms with Crippen molar-refractivity contribution in [1.82, 2.24) is 5.32 Å². The number of halogens is 1. The van der Waals surface area contributed by atoms with Crippen molar-refractivity contribution >= 4 is 22.7 Å². The maximum absolute atomic E-state index is 10.6. The predicted molar refractivity (Wildman–Crippen MR) is 101 cm³/mol. The Morgan fingerprint density at radius 3 is 2.68 bits per heavy atom. The summed E-state index contributed by atoms with van der Waals surface area (Å²) in [7, 11) is 0. The van der Waals surface area contributed by atoms with Gasteiger partial charge in [-0.3, -0.25) is 0 Å². The van der Waals surface area contributed by atoms with E-state index in [-0.39, 0.29) is 0 Å². The Morgan fingerprint density at radius 1 is 1.04 bits per heavy atom. The summed E-state index contributed by atoms with van der Waals surface area (Å²) in [6, 6.07) is 14.1. The summed E-state index contributed by atoms with van der Waals surface area (Å²) in [5.41, 5.74) is 6.14. The normalized spacial score (nSPS) is 20.0. The first-order chi connectivity index (χ1) is 12.3. The van der Waals surface area contributed by atoms with Gasteiger partial charge in [0.25, 0.3) is 0 Å². The Kier molecular flexibility index (Phi) is 4.62. The molecule has 0 fully saturated rings. The molecule has 2 heterocycles. The molecule has 0 saturated heterocycles. The van der Waals surface area contributed by atoms with Crippen LogP contribution in [0, 0.1) is 0 Å². The Balaban J connectivity index is 1.97. The van der Waals surface area contributed by atoms with Crippen molar-refractivity contribution in [2.75, 3.05) is 13.1 Å². The molecule has 2 aromatic rings. The van der Waals surface area contributed by atoms with Gasteiger partial charge in [0, 0.05) is 16.2 Å². The highest BCUT2D eigenvalue weighted by Crippen LogP contribution is 2.40. The van der Waals surface area contributed by atoms with E-state index in [1.807, 2.05) is 42.5 Å². The number of rotatable bonds is 2. The second kappa shape index (κ2) is 7.04. The van der Waals surface area contributed by atoms with Crippen LogP contribution in [0.15, 0.2) is 54.8 Å². The second-order valence-electron chi connectivity index (χ2n) is 6.29. The summed E-state index contributed by atoms with van der Waals surface area (Å²) < 4.78 is 5.42. The van der Waals surface area contributed by atoms with Crippen LogP contribution < -0.4 is 5.32 Å². The van der Waals surface area contributed by atoms with Gasteiger partial charge in [0.05, 0.1) is 6.26 Å². The summed E-state index contributed by atoms with van der Waals surface area (Å²) >= 11 is 6.62. The monoisotopic (exact) mass is 353 g/mol. The molecule has 0 radical (unpaired) electrons. The van der Waals surface area contributed by atoms with Crippen molar-refractivity contribution in [3.8, 4) is 0 Å². The maximum Gasteiger partial charge on any atom is 0.224 e. The molecular weight excluding hydrogens is 334 g/mol. The van der Waals surface area contributed by atoms with Gasteiger partial charge in [-0.2, -0.15) is 0 Å². The number of aliphatic hydroxyl groups excluding tert-OH is 1. The highest BCUT2D eigenvalue weighted by atomic mass is 35.5. The molecule has 0 aromatic heterocycles. The highest BCUT2D eigenvalue weighted by molar-refractivity contribution is 6.33. The zero-order valence-corrected chi connectivity index (χ0v) is 14.6. The third-order valence-corrected chi connectivity index (χ3v) is 5.13. The van der Waals surface area contributed by atoms with Crippen LogP contribution >= 0.6 is 11.6 Å². The zero-order chi connectivity index (χ0) is 17.2. The molecule has 3 nitrogen and oxygen atoms in total. The van der Waals surface area contributed by atoms with Gasteiger partial charge in [-0.25, -0.2) is 0 Å². The van der Waals surface area contributed by atoms with Gasteiger partial charge in [-0.05, 0) is 60.3 Å². The van der Waals surface area contributed by atoms with Crippen molar-refractivity contribution in [2.45, 2.75) is 19.1 Å². The van der Waals surface area contributed by atoms with Gasteiger partial charge in [0.15, 0.2) is 0 Å². The van der Waals surface area contributed by atoms with Crippen molar-refractivity contribution in [3.63, 3.8) is 0 Å². The number of aliphatic hydroxyl groups is 1. The summed E-state index contributed by atoms with van der Waals surface area (Å²) in [6.45, 7) is 1.86. The average molecular weight is 354 g/mol. The van der Waals surface area contributed by atoms with E-state index in [2.05, 4.69) is 11.4 Å². The molecule has 2 aliphatic heterocycles. The van der Waals surface area contributed by atoms with E-state index >= 15 is 0 Å². The second-order valence-corrected chi connectivity index (χ2v) is 6.70. The lowest BCUT2D eigenvalue weighted by molar-refractivity contribution is -0.00388. The van der Waals surface area contributed by atoms with Crippen molar-refractivity contribution in [1.29, 1.82) is 0 Å². The number of hydrogen-bond acceptors (Lipinski definition) is 3. The minimum atomic E-state index is -1.03. The van der Waals surface area contributed by atoms with Crippen LogP contribution in [0.3, 0.4) is 0 Å². The first-order valence-corrected chi connectivity index (χ1v) is 8.94. The third kappa shape index (κ3) is 3.11. The van der Waals surface area contributed by atoms with Gasteiger partial charge in [-0.15, -0.1) is 0 Å². The molecule has 0 aliphatic carbocycles. The van der Waals surface area contributed by atoms with E-state index < -0.39 is 6.29 Å². The molecule has 0 saturated carbocycles. The fraction of sp³-hybridized carbons (Fsp3) is 0.238. The molecule has 0 amide bonds. The first kappa shape index (κ1) is 16.4. The molecule has 25 heavy (non-hydrogen) atoms. The van der Waals surface area contributed by atoms with E-state index in [0.717, 1.165) is 48.2 Å². The summed E-state index contributed by atoms with van der Waals surface area (Å²) in [5, 5.41) is 14.7. The maximum atomic E-state index is 10.6. The van der Waals surface area contributed by atoms with Gasteiger partial charge >= 0.3 is 0 Å². The molecule has 0 bridgehead atoms. The van der Waals surface area contributed by atoms with Gasteiger partial charge in [0.1, 0.15) is 0 Å². The van der Waals surface area contributed by atoms with E-state index in [1.54, 1.807) is 6.26 Å². The molecule has 4 heteroatoms. The Bertz CT molecular complexity index is 842. The zero-order valence-electron chi connectivity index (χ0n) is 13.8. The van der Waals surface area contributed by atoms with E-state index in [9.17, 15) is 5.11 Å². The number of allylic oxidation sites excluding steroid dienone is 2. The number of ether oxygens (including phenoxy) is 1. The Morgan fingerprint density at radius 2 is 1.84 bits per heavy atom. The molecule has 2 aromatic carbocycles. The lowest BCUT2D eigenvalue weighted by Crippen LogP contribution is -2.18. The largest absolute Gasteiger partial charge is 0.468 e. The lowest BCUT2D eigenvalue weighted by atomic mass is 9.87. The van der Waals surface area contributed by atoms with Crippen molar-refractivity contribution < 1.29 is 9.84 Å². The number of benzene rings is 2. The van der Waals surface area contributed by atoms with Crippen LogP contribution in [0.1, 0.15) is 22.3 Å². The molecule has 2 N–H and O–H groups in total. The standard InChI is InChI=1S/C21H20ClNO2/c22-18-7-6-15-8-11-23-12-9-16(15)19(18)20-17(10-13-25-21(20)24)14-4-2-1-3-5-14/h1-7,10,13,21,23-24H,8-9,11-12H2. The quantitative estimate of drug-likeness (QED) is 0.862. The van der Waals surface area contributed by atoms with Crippen molar-refractivity contribution in [2.24, 2.45) is 0 Å². The molecule has 0 spiro atoms. The van der Waals surface area contributed by atoms with Crippen LogP contribution in [-0.4, -0.2) is 24.5 Å². The minimum absolute atomic E-state index is 0.655. The van der Waals surface area contributed by atoms with Crippen LogP contribution in [0.4, 0.5) is 0 Å². The van der Waals surface area contributed by atoms with Crippen LogP contribution in [0.25, 0.3) is 11.1 Å². The van der Waals surface area contributed by atoms with Gasteiger partial charge in [-0.1, -0.05) is 48.0 Å². The third-order valence-electron chi connectivity index (χ3n) is 4.82. The van der Waals surface area contributed by atoms with Gasteiger partial charge in [0.2, 0.25) is 6.29 Å².